The van der Waals surface area contributed by atoms with E-state index in [9.17, 15) is 24.0 Å². The maximum absolute atomic E-state index is 13.7. The molecule has 3 aromatic carbocycles. The van der Waals surface area contributed by atoms with Gasteiger partial charge in [0.1, 0.15) is 36.2 Å². The van der Waals surface area contributed by atoms with Gasteiger partial charge in [0.25, 0.3) is 5.91 Å². The monoisotopic (exact) mass is 685 g/mol. The van der Waals surface area contributed by atoms with Gasteiger partial charge < -0.3 is 36.1 Å². The van der Waals surface area contributed by atoms with Crippen LogP contribution in [-0.4, -0.2) is 74.0 Å². The van der Waals surface area contributed by atoms with Crippen molar-refractivity contribution in [2.24, 2.45) is 5.92 Å². The third-order valence-electron chi connectivity index (χ3n) is 8.28. The molecular weight excluding hydrogens is 638 g/mol. The van der Waals surface area contributed by atoms with Gasteiger partial charge in [-0.1, -0.05) is 68.4 Å². The maximum atomic E-state index is 13.7. The topological polar surface area (TPSA) is 164 Å². The number of nitrogens with one attached hydrogen (secondary N) is 5. The first-order valence-electron chi connectivity index (χ1n) is 16.9. The largest absolute Gasteiger partial charge is 0.497 e. The number of rotatable bonds is 9. The van der Waals surface area contributed by atoms with Gasteiger partial charge >= 0.3 is 0 Å². The summed E-state index contributed by atoms with van der Waals surface area (Å²) in [5, 5.41) is 14.0. The summed E-state index contributed by atoms with van der Waals surface area (Å²) in [6.45, 7) is 5.70. The van der Waals surface area contributed by atoms with Crippen LogP contribution in [0, 0.1) is 5.92 Å². The molecule has 50 heavy (non-hydrogen) atoms. The van der Waals surface area contributed by atoms with Crippen LogP contribution < -0.4 is 36.1 Å². The molecule has 4 atom stereocenters. The van der Waals surface area contributed by atoms with E-state index in [1.807, 2.05) is 68.4 Å². The van der Waals surface area contributed by atoms with Crippen molar-refractivity contribution >= 4 is 29.5 Å². The van der Waals surface area contributed by atoms with Gasteiger partial charge in [0, 0.05) is 13.0 Å². The predicted octanol–water partition coefficient (Wildman–Crippen LogP) is 2.70. The molecule has 12 nitrogen and oxygen atoms in total. The fourth-order valence-electron chi connectivity index (χ4n) is 5.56. The molecule has 0 unspecified atom stereocenters. The van der Waals surface area contributed by atoms with Gasteiger partial charge in [0.2, 0.25) is 23.6 Å². The Bertz CT molecular complexity index is 1630. The van der Waals surface area contributed by atoms with Crippen LogP contribution in [0.15, 0.2) is 78.9 Å². The van der Waals surface area contributed by atoms with Gasteiger partial charge in [-0.3, -0.25) is 24.0 Å². The number of aryl methyl sites for hydroxylation is 1. The number of para-hydroxylation sites is 1. The normalized spacial score (nSPS) is 20.6. The lowest BCUT2D eigenvalue weighted by Gasteiger charge is -2.27. The van der Waals surface area contributed by atoms with Crippen LogP contribution in [0.3, 0.4) is 0 Å². The van der Waals surface area contributed by atoms with Crippen molar-refractivity contribution < 1.29 is 33.4 Å². The molecule has 0 aromatic heterocycles. The van der Waals surface area contributed by atoms with Crippen molar-refractivity contribution in [3.8, 4) is 11.5 Å². The molecule has 266 valence electrons. The molecule has 0 spiro atoms. The molecule has 1 aliphatic heterocycles. The van der Waals surface area contributed by atoms with E-state index in [1.165, 1.54) is 0 Å². The third kappa shape index (κ3) is 11.1. The molecule has 0 aliphatic carbocycles. The number of hydrogen-bond acceptors (Lipinski definition) is 7. The molecule has 0 saturated carbocycles. The van der Waals surface area contributed by atoms with Gasteiger partial charge in [-0.25, -0.2) is 0 Å². The van der Waals surface area contributed by atoms with E-state index in [-0.39, 0.29) is 36.8 Å². The quantitative estimate of drug-likeness (QED) is 0.216. The van der Waals surface area contributed by atoms with Crippen molar-refractivity contribution in [1.29, 1.82) is 0 Å². The minimum atomic E-state index is -1.27. The van der Waals surface area contributed by atoms with Crippen molar-refractivity contribution in [2.75, 3.05) is 20.3 Å². The van der Waals surface area contributed by atoms with E-state index in [1.54, 1.807) is 38.3 Å². The number of carbonyl (C=O) groups is 5. The molecule has 0 radical (unpaired) electrons. The minimum absolute atomic E-state index is 0.0304. The zero-order valence-corrected chi connectivity index (χ0v) is 29.0. The Morgan fingerprint density at radius 1 is 0.880 bits per heavy atom. The van der Waals surface area contributed by atoms with E-state index < -0.39 is 60.1 Å². The number of methoxy groups -OCH3 is 1. The third-order valence-corrected chi connectivity index (χ3v) is 8.28. The summed E-state index contributed by atoms with van der Waals surface area (Å²) in [6.07, 6.45) is 0.961. The summed E-state index contributed by atoms with van der Waals surface area (Å²) in [6, 6.07) is 19.6. The summed E-state index contributed by atoms with van der Waals surface area (Å²) in [7, 11) is 1.60. The van der Waals surface area contributed by atoms with Crippen LogP contribution in [-0.2, 0) is 32.0 Å². The number of benzene rings is 3. The number of fused-ring (bicyclic) bond motifs is 1. The summed E-state index contributed by atoms with van der Waals surface area (Å²) in [5.74, 6) is -2.07. The highest BCUT2D eigenvalue weighted by Crippen LogP contribution is 2.19. The van der Waals surface area contributed by atoms with E-state index in [2.05, 4.69) is 26.6 Å². The number of hydrogen-bond donors (Lipinski definition) is 5. The molecule has 5 N–H and O–H groups in total. The van der Waals surface area contributed by atoms with Gasteiger partial charge in [-0.05, 0) is 61.1 Å². The number of amides is 5. The SMILES string of the molecule is COc1cccc(CCCNC(=O)[C@@H]2CC(=O)N[C@@H](Cc3ccccc3)C(=O)N[C@H](C(C)C)C(=O)N[C@@H](C)COc3ccccc3C(=O)N2)c1. The van der Waals surface area contributed by atoms with E-state index in [4.69, 9.17) is 9.47 Å². The van der Waals surface area contributed by atoms with Crippen LogP contribution in [0.25, 0.3) is 0 Å². The molecule has 1 heterocycles. The molecule has 4 rings (SSSR count). The van der Waals surface area contributed by atoms with Crippen LogP contribution in [0.2, 0.25) is 0 Å². The molecule has 12 heteroatoms. The van der Waals surface area contributed by atoms with Crippen LogP contribution in [0.5, 0.6) is 11.5 Å². The smallest absolute Gasteiger partial charge is 0.255 e. The summed E-state index contributed by atoms with van der Waals surface area (Å²) in [4.78, 5) is 67.8. The summed E-state index contributed by atoms with van der Waals surface area (Å²) in [5.41, 5.74) is 1.98. The lowest BCUT2D eigenvalue weighted by atomic mass is 10.0. The van der Waals surface area contributed by atoms with E-state index in [0.29, 0.717) is 12.8 Å². The zero-order chi connectivity index (χ0) is 36.0. The van der Waals surface area contributed by atoms with Crippen LogP contribution in [0.4, 0.5) is 0 Å². The highest BCUT2D eigenvalue weighted by Gasteiger charge is 2.32. The fraction of sp³-hybridized carbons (Fsp3) is 0.395. The van der Waals surface area contributed by atoms with Crippen LogP contribution in [0.1, 0.15) is 55.1 Å². The molecule has 0 bridgehead atoms. The van der Waals surface area contributed by atoms with Gasteiger partial charge in [-0.2, -0.15) is 0 Å². The Morgan fingerprint density at radius 3 is 2.34 bits per heavy atom. The van der Waals surface area contributed by atoms with Crippen molar-refractivity contribution in [1.82, 2.24) is 26.6 Å². The Hall–Kier alpha value is -5.39. The Labute approximate surface area is 293 Å². The molecule has 5 amide bonds. The predicted molar refractivity (Wildman–Crippen MR) is 189 cm³/mol. The zero-order valence-electron chi connectivity index (χ0n) is 29.0. The highest BCUT2D eigenvalue weighted by atomic mass is 16.5. The summed E-state index contributed by atoms with van der Waals surface area (Å²) < 4.78 is 11.2. The second-order valence-corrected chi connectivity index (χ2v) is 12.7. The lowest BCUT2D eigenvalue weighted by Crippen LogP contribution is -2.57. The maximum Gasteiger partial charge on any atom is 0.255 e. The Kier molecular flexibility index (Phi) is 13.8. The van der Waals surface area contributed by atoms with Crippen molar-refractivity contribution in [3.63, 3.8) is 0 Å². The first kappa shape index (κ1) is 37.4. The number of carbonyl (C=O) groups excluding carboxylic acids is 5. The van der Waals surface area contributed by atoms with E-state index in [0.717, 1.165) is 16.9 Å². The Balaban J connectivity index is 1.59. The molecular formula is C38H47N5O7. The van der Waals surface area contributed by atoms with Gasteiger partial charge in [0.05, 0.1) is 25.1 Å². The molecule has 1 aliphatic rings. The molecule has 0 fully saturated rings. The van der Waals surface area contributed by atoms with Crippen molar-refractivity contribution in [3.05, 3.63) is 95.6 Å². The first-order valence-corrected chi connectivity index (χ1v) is 16.9. The van der Waals surface area contributed by atoms with Gasteiger partial charge in [0.15, 0.2) is 0 Å². The van der Waals surface area contributed by atoms with Crippen LogP contribution >= 0.6 is 0 Å². The second-order valence-electron chi connectivity index (χ2n) is 12.7. The van der Waals surface area contributed by atoms with Gasteiger partial charge in [-0.15, -0.1) is 0 Å². The van der Waals surface area contributed by atoms with Crippen molar-refractivity contribution in [2.45, 2.75) is 70.6 Å². The highest BCUT2D eigenvalue weighted by molar-refractivity contribution is 6.01. The summed E-state index contributed by atoms with van der Waals surface area (Å²) >= 11 is 0. The molecule has 3 aromatic rings. The average molecular weight is 686 g/mol. The number of ether oxygens (including phenoxy) is 2. The minimum Gasteiger partial charge on any atom is -0.497 e. The van der Waals surface area contributed by atoms with E-state index >= 15 is 0 Å². The first-order chi connectivity index (χ1) is 24.0. The average Bonchev–Trinajstić information content (AvgIpc) is 3.10. The second kappa shape index (κ2) is 18.4. The molecule has 0 saturated heterocycles. The lowest BCUT2D eigenvalue weighted by molar-refractivity contribution is -0.133. The fourth-order valence-corrected chi connectivity index (χ4v) is 5.56. The Morgan fingerprint density at radius 2 is 1.60 bits per heavy atom. The standard InChI is InChI=1S/C38H47N5O7/c1-24(2)34-38(48)40-25(3)23-50-32-18-9-8-17-29(32)35(45)42-31(36(46)39-19-11-15-26-14-10-16-28(20-26)49-4)22-33(44)41-30(37(47)43-34)21-27-12-6-5-7-13-27/h5-10,12-14,16-18,20,24-25,30-31,34H,11,15,19,21-23H2,1-4H3,(H,39,46)(H,40,48)(H,41,44)(H,42,45)(H,43,47)/t25-,30-,31-,34+/m0/s1.